The second-order valence-electron chi connectivity index (χ2n) is 4.92. The number of aliphatic hydroxyl groups excluding tert-OH is 1. The van der Waals surface area contributed by atoms with Crippen LogP contribution in [0, 0.1) is 0 Å². The highest BCUT2D eigenvalue weighted by Crippen LogP contribution is 2.39. The monoisotopic (exact) mass is 219 g/mol. The standard InChI is InChI=1S/C12H17N3O/c16-7-12(5-6-12)15-11-9-3-1-2-4-10(9)13-8-14-11/h8,16H,1-7H2,(H,13,14,15). The van der Waals surface area contributed by atoms with Gasteiger partial charge in [0.15, 0.2) is 0 Å². The molecule has 0 aliphatic heterocycles. The van der Waals surface area contributed by atoms with Gasteiger partial charge in [-0.15, -0.1) is 0 Å². The zero-order chi connectivity index (χ0) is 11.0. The van der Waals surface area contributed by atoms with Crippen LogP contribution in [0.4, 0.5) is 5.82 Å². The molecule has 0 radical (unpaired) electrons. The van der Waals surface area contributed by atoms with Crippen molar-refractivity contribution in [2.24, 2.45) is 0 Å². The van der Waals surface area contributed by atoms with E-state index in [0.29, 0.717) is 0 Å². The quantitative estimate of drug-likeness (QED) is 0.804. The molecule has 0 aromatic carbocycles. The topological polar surface area (TPSA) is 58.0 Å². The molecule has 4 heteroatoms. The second-order valence-corrected chi connectivity index (χ2v) is 4.92. The van der Waals surface area contributed by atoms with Crippen molar-refractivity contribution in [2.45, 2.75) is 44.1 Å². The van der Waals surface area contributed by atoms with Gasteiger partial charge in [0.05, 0.1) is 12.1 Å². The lowest BCUT2D eigenvalue weighted by Crippen LogP contribution is -2.27. The van der Waals surface area contributed by atoms with E-state index in [0.717, 1.165) is 31.5 Å². The third-order valence-corrected chi connectivity index (χ3v) is 3.66. The summed E-state index contributed by atoms with van der Waals surface area (Å²) in [7, 11) is 0. The van der Waals surface area contributed by atoms with Crippen LogP contribution in [-0.4, -0.2) is 27.2 Å². The first kappa shape index (κ1) is 10.0. The van der Waals surface area contributed by atoms with Crippen LogP contribution in [0.5, 0.6) is 0 Å². The van der Waals surface area contributed by atoms with E-state index in [2.05, 4.69) is 15.3 Å². The molecule has 1 fully saturated rings. The van der Waals surface area contributed by atoms with Crippen LogP contribution in [0.25, 0.3) is 0 Å². The summed E-state index contributed by atoms with van der Waals surface area (Å²) in [5.41, 5.74) is 2.38. The molecule has 0 saturated heterocycles. The number of aryl methyl sites for hydroxylation is 1. The van der Waals surface area contributed by atoms with Crippen LogP contribution in [0.2, 0.25) is 0 Å². The molecule has 16 heavy (non-hydrogen) atoms. The number of rotatable bonds is 3. The Hall–Kier alpha value is -1.16. The number of nitrogens with zero attached hydrogens (tertiary/aromatic N) is 2. The highest BCUT2D eigenvalue weighted by Gasteiger charge is 2.42. The van der Waals surface area contributed by atoms with Crippen molar-refractivity contribution in [3.05, 3.63) is 17.6 Å². The number of nitrogens with one attached hydrogen (secondary N) is 1. The fraction of sp³-hybridized carbons (Fsp3) is 0.667. The molecule has 86 valence electrons. The Morgan fingerprint density at radius 2 is 2.06 bits per heavy atom. The number of hydrogen-bond acceptors (Lipinski definition) is 4. The van der Waals surface area contributed by atoms with E-state index in [4.69, 9.17) is 0 Å². The van der Waals surface area contributed by atoms with Crippen LogP contribution in [0.3, 0.4) is 0 Å². The van der Waals surface area contributed by atoms with Crippen molar-refractivity contribution in [1.82, 2.24) is 9.97 Å². The number of aromatic nitrogens is 2. The van der Waals surface area contributed by atoms with Crippen LogP contribution in [0.1, 0.15) is 36.9 Å². The number of anilines is 1. The van der Waals surface area contributed by atoms with Gasteiger partial charge in [-0.1, -0.05) is 0 Å². The number of hydrogen-bond donors (Lipinski definition) is 2. The summed E-state index contributed by atoms with van der Waals surface area (Å²) in [6, 6.07) is 0. The van der Waals surface area contributed by atoms with Crippen molar-refractivity contribution < 1.29 is 5.11 Å². The molecule has 4 nitrogen and oxygen atoms in total. The highest BCUT2D eigenvalue weighted by molar-refractivity contribution is 5.50. The van der Waals surface area contributed by atoms with Gasteiger partial charge in [0.1, 0.15) is 12.1 Å². The molecule has 1 aromatic rings. The Kier molecular flexibility index (Phi) is 2.32. The van der Waals surface area contributed by atoms with Gasteiger partial charge in [-0.2, -0.15) is 0 Å². The van der Waals surface area contributed by atoms with Gasteiger partial charge in [0, 0.05) is 11.3 Å². The van der Waals surface area contributed by atoms with E-state index in [1.807, 2.05) is 0 Å². The van der Waals surface area contributed by atoms with E-state index < -0.39 is 0 Å². The van der Waals surface area contributed by atoms with E-state index in [9.17, 15) is 5.11 Å². The Labute approximate surface area is 95.1 Å². The predicted molar refractivity (Wildman–Crippen MR) is 61.3 cm³/mol. The zero-order valence-corrected chi connectivity index (χ0v) is 9.37. The molecule has 0 bridgehead atoms. The third-order valence-electron chi connectivity index (χ3n) is 3.66. The number of fused-ring (bicyclic) bond motifs is 1. The van der Waals surface area contributed by atoms with Crippen molar-refractivity contribution in [1.29, 1.82) is 0 Å². The molecule has 2 aliphatic rings. The minimum atomic E-state index is -0.0838. The molecule has 2 N–H and O–H groups in total. The lowest BCUT2D eigenvalue weighted by atomic mass is 9.96. The summed E-state index contributed by atoms with van der Waals surface area (Å²) in [4.78, 5) is 8.67. The fourth-order valence-corrected chi connectivity index (χ4v) is 2.35. The van der Waals surface area contributed by atoms with Crippen LogP contribution in [-0.2, 0) is 12.8 Å². The maximum Gasteiger partial charge on any atom is 0.133 e. The van der Waals surface area contributed by atoms with E-state index in [1.165, 1.54) is 24.1 Å². The van der Waals surface area contributed by atoms with Gasteiger partial charge in [-0.05, 0) is 38.5 Å². The predicted octanol–water partition coefficient (Wildman–Crippen LogP) is 1.29. The summed E-state index contributed by atoms with van der Waals surface area (Å²) in [5.74, 6) is 0.955. The average Bonchev–Trinajstić information content (AvgIpc) is 3.10. The second kappa shape index (κ2) is 3.70. The number of aliphatic hydroxyl groups is 1. The molecule has 0 spiro atoms. The molecule has 1 aromatic heterocycles. The van der Waals surface area contributed by atoms with E-state index >= 15 is 0 Å². The zero-order valence-electron chi connectivity index (χ0n) is 9.37. The first-order chi connectivity index (χ1) is 7.83. The molecule has 1 heterocycles. The molecular formula is C12H17N3O. The highest BCUT2D eigenvalue weighted by atomic mass is 16.3. The van der Waals surface area contributed by atoms with Gasteiger partial charge < -0.3 is 10.4 Å². The van der Waals surface area contributed by atoms with Gasteiger partial charge >= 0.3 is 0 Å². The molecule has 1 saturated carbocycles. The van der Waals surface area contributed by atoms with Gasteiger partial charge in [0.2, 0.25) is 0 Å². The molecular weight excluding hydrogens is 202 g/mol. The average molecular weight is 219 g/mol. The summed E-state index contributed by atoms with van der Waals surface area (Å²) >= 11 is 0. The SMILES string of the molecule is OCC1(Nc2ncnc3c2CCCC3)CC1. The summed E-state index contributed by atoms with van der Waals surface area (Å²) in [5, 5.41) is 12.7. The van der Waals surface area contributed by atoms with Crippen molar-refractivity contribution >= 4 is 5.82 Å². The third kappa shape index (κ3) is 1.67. The molecule has 0 unspecified atom stereocenters. The maximum absolute atomic E-state index is 9.32. The first-order valence-corrected chi connectivity index (χ1v) is 6.05. The minimum absolute atomic E-state index is 0.0838. The van der Waals surface area contributed by atoms with Crippen LogP contribution >= 0.6 is 0 Å². The molecule has 2 aliphatic carbocycles. The van der Waals surface area contributed by atoms with Gasteiger partial charge in [0.25, 0.3) is 0 Å². The largest absolute Gasteiger partial charge is 0.394 e. The Morgan fingerprint density at radius 1 is 1.25 bits per heavy atom. The normalized spacial score (nSPS) is 21.3. The van der Waals surface area contributed by atoms with Crippen molar-refractivity contribution in [2.75, 3.05) is 11.9 Å². The maximum atomic E-state index is 9.32. The summed E-state index contributed by atoms with van der Waals surface area (Å²) in [6.07, 6.45) is 8.32. The molecule has 0 atom stereocenters. The van der Waals surface area contributed by atoms with Crippen LogP contribution in [0.15, 0.2) is 6.33 Å². The van der Waals surface area contributed by atoms with Gasteiger partial charge in [-0.25, -0.2) is 9.97 Å². The molecule has 3 rings (SSSR count). The van der Waals surface area contributed by atoms with E-state index in [1.54, 1.807) is 6.33 Å². The first-order valence-electron chi connectivity index (χ1n) is 6.05. The van der Waals surface area contributed by atoms with Crippen molar-refractivity contribution in [3.8, 4) is 0 Å². The Balaban J connectivity index is 1.89. The Morgan fingerprint density at radius 3 is 2.81 bits per heavy atom. The smallest absolute Gasteiger partial charge is 0.133 e. The minimum Gasteiger partial charge on any atom is -0.394 e. The Bertz CT molecular complexity index is 401. The molecule has 0 amide bonds. The lowest BCUT2D eigenvalue weighted by molar-refractivity contribution is 0.266. The van der Waals surface area contributed by atoms with Crippen molar-refractivity contribution in [3.63, 3.8) is 0 Å². The summed E-state index contributed by atoms with van der Waals surface area (Å²) < 4.78 is 0. The van der Waals surface area contributed by atoms with E-state index in [-0.39, 0.29) is 12.1 Å². The summed E-state index contributed by atoms with van der Waals surface area (Å²) in [6.45, 7) is 0.200. The fourth-order valence-electron chi connectivity index (χ4n) is 2.35. The van der Waals surface area contributed by atoms with Gasteiger partial charge in [-0.3, -0.25) is 0 Å². The van der Waals surface area contributed by atoms with Crippen LogP contribution < -0.4 is 5.32 Å². The lowest BCUT2D eigenvalue weighted by Gasteiger charge is -2.21.